The Hall–Kier alpha value is -3.27. The summed E-state index contributed by atoms with van der Waals surface area (Å²) in [5.74, 6) is 0.504. The molecule has 116 valence electrons. The maximum absolute atomic E-state index is 13.3. The first-order valence-electron chi connectivity index (χ1n) is 7.62. The van der Waals surface area contributed by atoms with Crippen LogP contribution in [0, 0.1) is 5.82 Å². The predicted molar refractivity (Wildman–Crippen MR) is 92.2 cm³/mol. The first-order chi connectivity index (χ1) is 11.8. The van der Waals surface area contributed by atoms with Crippen LogP contribution in [0.5, 0.6) is 0 Å². The maximum Gasteiger partial charge on any atom is 0.145 e. The minimum absolute atomic E-state index is 0.260. The van der Waals surface area contributed by atoms with E-state index in [1.807, 2.05) is 53.2 Å². The highest BCUT2D eigenvalue weighted by molar-refractivity contribution is 5.67. The van der Waals surface area contributed by atoms with E-state index in [2.05, 4.69) is 4.98 Å². The second-order valence-electron chi connectivity index (χ2n) is 5.40. The van der Waals surface area contributed by atoms with Crippen molar-refractivity contribution in [1.82, 2.24) is 14.5 Å². The molecule has 2 aromatic carbocycles. The van der Waals surface area contributed by atoms with E-state index < -0.39 is 0 Å². The summed E-state index contributed by atoms with van der Waals surface area (Å²) in [7, 11) is 0. The van der Waals surface area contributed by atoms with Gasteiger partial charge < -0.3 is 0 Å². The Balaban J connectivity index is 1.90. The van der Waals surface area contributed by atoms with Crippen molar-refractivity contribution in [3.63, 3.8) is 0 Å². The van der Waals surface area contributed by atoms with E-state index >= 15 is 0 Å². The number of nitrogens with zero attached hydrogens (tertiary/aromatic N) is 3. The Morgan fingerprint density at radius 2 is 1.46 bits per heavy atom. The molecule has 3 nitrogen and oxygen atoms in total. The molecular weight excluding hydrogens is 301 g/mol. The molecule has 0 bridgehead atoms. The van der Waals surface area contributed by atoms with E-state index in [1.54, 1.807) is 24.5 Å². The van der Waals surface area contributed by atoms with Gasteiger partial charge in [-0.25, -0.2) is 9.37 Å². The number of hydrogen-bond donors (Lipinski definition) is 0. The van der Waals surface area contributed by atoms with Crippen LogP contribution in [-0.2, 0) is 0 Å². The van der Waals surface area contributed by atoms with Crippen molar-refractivity contribution in [2.75, 3.05) is 0 Å². The number of rotatable bonds is 3. The highest BCUT2D eigenvalue weighted by atomic mass is 19.1. The number of imidazole rings is 1. The zero-order chi connectivity index (χ0) is 16.4. The van der Waals surface area contributed by atoms with E-state index in [0.717, 1.165) is 28.3 Å². The van der Waals surface area contributed by atoms with Gasteiger partial charge in [-0.1, -0.05) is 30.3 Å². The standard InChI is InChI=1S/C20H14FN3/c21-17-8-6-16(7-9-17)20-23-19(15-4-2-1-3-5-15)14-24(20)18-10-12-22-13-11-18/h1-14H. The molecule has 24 heavy (non-hydrogen) atoms. The Bertz CT molecular complexity index is 945. The van der Waals surface area contributed by atoms with Crippen molar-refractivity contribution in [3.05, 3.63) is 91.1 Å². The van der Waals surface area contributed by atoms with Crippen LogP contribution < -0.4 is 0 Å². The fourth-order valence-corrected chi connectivity index (χ4v) is 2.63. The van der Waals surface area contributed by atoms with Gasteiger partial charge in [-0.2, -0.15) is 0 Å². The summed E-state index contributed by atoms with van der Waals surface area (Å²) < 4.78 is 15.3. The normalized spacial score (nSPS) is 10.7. The van der Waals surface area contributed by atoms with Crippen molar-refractivity contribution in [2.24, 2.45) is 0 Å². The largest absolute Gasteiger partial charge is 0.299 e. The molecule has 0 atom stereocenters. The average Bonchev–Trinajstić information content (AvgIpc) is 3.09. The molecule has 2 aromatic heterocycles. The van der Waals surface area contributed by atoms with Crippen LogP contribution in [0.25, 0.3) is 28.3 Å². The van der Waals surface area contributed by atoms with Crippen molar-refractivity contribution in [1.29, 1.82) is 0 Å². The molecule has 0 amide bonds. The quantitative estimate of drug-likeness (QED) is 0.546. The average molecular weight is 315 g/mol. The van der Waals surface area contributed by atoms with E-state index in [4.69, 9.17) is 4.98 Å². The van der Waals surface area contributed by atoms with Gasteiger partial charge in [0.1, 0.15) is 11.6 Å². The van der Waals surface area contributed by atoms with Gasteiger partial charge in [0, 0.05) is 29.7 Å². The van der Waals surface area contributed by atoms with Crippen molar-refractivity contribution in [3.8, 4) is 28.3 Å². The Morgan fingerprint density at radius 3 is 2.17 bits per heavy atom. The summed E-state index contributed by atoms with van der Waals surface area (Å²) in [6, 6.07) is 20.2. The summed E-state index contributed by atoms with van der Waals surface area (Å²) in [4.78, 5) is 8.84. The van der Waals surface area contributed by atoms with Gasteiger partial charge in [0.25, 0.3) is 0 Å². The second-order valence-corrected chi connectivity index (χ2v) is 5.40. The van der Waals surface area contributed by atoms with Gasteiger partial charge in [-0.05, 0) is 36.4 Å². The molecule has 0 saturated heterocycles. The number of benzene rings is 2. The fraction of sp³-hybridized carbons (Fsp3) is 0. The molecule has 0 aliphatic rings. The topological polar surface area (TPSA) is 30.7 Å². The van der Waals surface area contributed by atoms with E-state index in [-0.39, 0.29) is 5.82 Å². The first kappa shape index (κ1) is 14.3. The minimum atomic E-state index is -0.260. The summed E-state index contributed by atoms with van der Waals surface area (Å²) in [5, 5.41) is 0. The Kier molecular flexibility index (Phi) is 3.63. The third-order valence-corrected chi connectivity index (χ3v) is 3.82. The van der Waals surface area contributed by atoms with E-state index in [0.29, 0.717) is 0 Å². The van der Waals surface area contributed by atoms with E-state index in [1.165, 1.54) is 12.1 Å². The predicted octanol–water partition coefficient (Wildman–Crippen LogP) is 4.74. The van der Waals surface area contributed by atoms with Crippen molar-refractivity contribution < 1.29 is 4.39 Å². The smallest absolute Gasteiger partial charge is 0.145 e. The lowest BCUT2D eigenvalue weighted by molar-refractivity contribution is 0.628. The van der Waals surface area contributed by atoms with Crippen LogP contribution in [0.15, 0.2) is 85.3 Å². The number of aromatic nitrogens is 3. The Morgan fingerprint density at radius 1 is 0.750 bits per heavy atom. The van der Waals surface area contributed by atoms with Gasteiger partial charge in [0.15, 0.2) is 0 Å². The third-order valence-electron chi connectivity index (χ3n) is 3.82. The highest BCUT2D eigenvalue weighted by Gasteiger charge is 2.13. The SMILES string of the molecule is Fc1ccc(-c2nc(-c3ccccc3)cn2-c2ccncc2)cc1. The molecule has 4 aromatic rings. The number of pyridine rings is 1. The molecule has 0 aliphatic carbocycles. The zero-order valence-corrected chi connectivity index (χ0v) is 12.8. The molecule has 0 N–H and O–H groups in total. The van der Waals surface area contributed by atoms with Crippen molar-refractivity contribution in [2.45, 2.75) is 0 Å². The van der Waals surface area contributed by atoms with E-state index in [9.17, 15) is 4.39 Å². The summed E-state index contributed by atoms with van der Waals surface area (Å²) >= 11 is 0. The van der Waals surface area contributed by atoms with Crippen LogP contribution in [0.3, 0.4) is 0 Å². The maximum atomic E-state index is 13.3. The molecule has 0 fully saturated rings. The van der Waals surface area contributed by atoms with Crippen LogP contribution >= 0.6 is 0 Å². The van der Waals surface area contributed by atoms with Crippen LogP contribution in [-0.4, -0.2) is 14.5 Å². The lowest BCUT2D eigenvalue weighted by atomic mass is 10.2. The second kappa shape index (κ2) is 6.08. The minimum Gasteiger partial charge on any atom is -0.299 e. The summed E-state index contributed by atoms with van der Waals surface area (Å²) in [6.07, 6.45) is 5.47. The van der Waals surface area contributed by atoms with Crippen LogP contribution in [0.2, 0.25) is 0 Å². The highest BCUT2D eigenvalue weighted by Crippen LogP contribution is 2.27. The monoisotopic (exact) mass is 315 g/mol. The number of hydrogen-bond acceptors (Lipinski definition) is 2. The molecule has 0 radical (unpaired) electrons. The van der Waals surface area contributed by atoms with Gasteiger partial charge in [0.2, 0.25) is 0 Å². The molecular formula is C20H14FN3. The van der Waals surface area contributed by atoms with Crippen LogP contribution in [0.1, 0.15) is 0 Å². The fourth-order valence-electron chi connectivity index (χ4n) is 2.63. The molecule has 4 rings (SSSR count). The van der Waals surface area contributed by atoms with Crippen molar-refractivity contribution >= 4 is 0 Å². The molecule has 0 aliphatic heterocycles. The van der Waals surface area contributed by atoms with Crippen LogP contribution in [0.4, 0.5) is 4.39 Å². The van der Waals surface area contributed by atoms with Gasteiger partial charge in [0.05, 0.1) is 11.4 Å². The number of halogens is 1. The molecule has 0 spiro atoms. The first-order valence-corrected chi connectivity index (χ1v) is 7.62. The molecule has 2 heterocycles. The molecule has 0 unspecified atom stereocenters. The lowest BCUT2D eigenvalue weighted by Gasteiger charge is -2.07. The van der Waals surface area contributed by atoms with Gasteiger partial charge in [-0.15, -0.1) is 0 Å². The lowest BCUT2D eigenvalue weighted by Crippen LogP contribution is -1.96. The van der Waals surface area contributed by atoms with Gasteiger partial charge in [-0.3, -0.25) is 9.55 Å². The molecule has 4 heteroatoms. The third kappa shape index (κ3) is 2.70. The Labute approximate surface area is 139 Å². The summed E-state index contributed by atoms with van der Waals surface area (Å²) in [6.45, 7) is 0. The van der Waals surface area contributed by atoms with Gasteiger partial charge >= 0.3 is 0 Å². The zero-order valence-electron chi connectivity index (χ0n) is 12.8. The summed E-state index contributed by atoms with van der Waals surface area (Å²) in [5.41, 5.74) is 3.72. The molecule has 0 saturated carbocycles.